The Hall–Kier alpha value is -2.17. The first-order valence-corrected chi connectivity index (χ1v) is 13.7. The van der Waals surface area contributed by atoms with Gasteiger partial charge < -0.3 is 9.30 Å². The van der Waals surface area contributed by atoms with Gasteiger partial charge in [-0.15, -0.1) is 20.4 Å². The Morgan fingerprint density at radius 2 is 2.06 bits per heavy atom. The monoisotopic (exact) mass is 520 g/mol. The maximum atomic E-state index is 12.4. The van der Waals surface area contributed by atoms with Gasteiger partial charge in [0.15, 0.2) is 5.16 Å². The summed E-state index contributed by atoms with van der Waals surface area (Å²) in [4.78, 5) is 12.4. The second-order valence-corrected chi connectivity index (χ2v) is 10.8. The van der Waals surface area contributed by atoms with Crippen molar-refractivity contribution >= 4 is 45.7 Å². The van der Waals surface area contributed by atoms with Crippen molar-refractivity contribution in [3.63, 3.8) is 0 Å². The van der Waals surface area contributed by atoms with E-state index in [1.807, 2.05) is 36.7 Å². The van der Waals surface area contributed by atoms with Crippen LogP contribution in [0, 0.1) is 6.92 Å². The molecule has 8 nitrogen and oxygen atoms in total. The molecule has 1 aliphatic rings. The van der Waals surface area contributed by atoms with Gasteiger partial charge in [0.2, 0.25) is 11.0 Å². The highest BCUT2D eigenvalue weighted by molar-refractivity contribution is 7.99. The number of rotatable bonds is 10. The molecule has 4 rings (SSSR count). The molecule has 0 saturated heterocycles. The Morgan fingerprint density at radius 3 is 2.85 bits per heavy atom. The van der Waals surface area contributed by atoms with Gasteiger partial charge in [-0.2, -0.15) is 0 Å². The molecule has 0 unspecified atom stereocenters. The number of carbonyl (C=O) groups excluding carboxylic acids is 1. The zero-order valence-corrected chi connectivity index (χ0v) is 21.8. The van der Waals surface area contributed by atoms with Crippen LogP contribution in [0.5, 0.6) is 5.75 Å². The minimum absolute atomic E-state index is 0.118. The van der Waals surface area contributed by atoms with Crippen molar-refractivity contribution in [2.24, 2.45) is 7.05 Å². The van der Waals surface area contributed by atoms with Crippen LogP contribution in [0.15, 0.2) is 23.4 Å². The summed E-state index contributed by atoms with van der Waals surface area (Å²) in [6.07, 6.45) is 7.67. The van der Waals surface area contributed by atoms with E-state index in [0.29, 0.717) is 27.8 Å². The molecule has 1 saturated carbocycles. The van der Waals surface area contributed by atoms with Crippen molar-refractivity contribution in [2.45, 2.75) is 62.9 Å². The minimum Gasteiger partial charge on any atom is -0.493 e. The predicted molar refractivity (Wildman–Crippen MR) is 136 cm³/mol. The first kappa shape index (κ1) is 24.9. The maximum Gasteiger partial charge on any atom is 0.236 e. The highest BCUT2D eigenvalue weighted by atomic mass is 35.5. The third-order valence-corrected chi connectivity index (χ3v) is 8.09. The first-order chi connectivity index (χ1) is 16.5. The van der Waals surface area contributed by atoms with Crippen LogP contribution in [0.1, 0.15) is 60.8 Å². The second-order valence-electron chi connectivity index (χ2n) is 8.44. The zero-order chi connectivity index (χ0) is 23.9. The molecular weight excluding hydrogens is 492 g/mol. The van der Waals surface area contributed by atoms with E-state index in [1.54, 1.807) is 0 Å². The molecule has 1 aromatic carbocycles. The van der Waals surface area contributed by atoms with E-state index >= 15 is 0 Å². The molecule has 34 heavy (non-hydrogen) atoms. The fraction of sp³-hybridized carbons (Fsp3) is 0.522. The summed E-state index contributed by atoms with van der Waals surface area (Å²) in [5, 5.41) is 22.8. The summed E-state index contributed by atoms with van der Waals surface area (Å²) in [5.74, 6) is 2.31. The fourth-order valence-corrected chi connectivity index (χ4v) is 5.85. The van der Waals surface area contributed by atoms with E-state index in [-0.39, 0.29) is 11.7 Å². The topological polar surface area (TPSA) is 94.8 Å². The molecule has 0 radical (unpaired) electrons. The van der Waals surface area contributed by atoms with Crippen LogP contribution in [0.4, 0.5) is 5.13 Å². The summed E-state index contributed by atoms with van der Waals surface area (Å²) in [7, 11) is 1.92. The van der Waals surface area contributed by atoms with E-state index in [0.717, 1.165) is 35.0 Å². The van der Waals surface area contributed by atoms with Crippen molar-refractivity contribution < 1.29 is 9.53 Å². The van der Waals surface area contributed by atoms with E-state index in [4.69, 9.17) is 16.3 Å². The average Bonchev–Trinajstić information content (AvgIpc) is 3.44. The molecule has 3 aromatic rings. The Kier molecular flexibility index (Phi) is 8.80. The van der Waals surface area contributed by atoms with Gasteiger partial charge in [-0.1, -0.05) is 54.0 Å². The minimum atomic E-state index is -0.118. The number of anilines is 1. The molecule has 1 N–H and O–H groups in total. The van der Waals surface area contributed by atoms with E-state index in [2.05, 4.69) is 25.7 Å². The fourth-order valence-electron chi connectivity index (χ4n) is 3.96. The van der Waals surface area contributed by atoms with Gasteiger partial charge >= 0.3 is 0 Å². The second kappa shape index (κ2) is 12.0. The molecular formula is C23H29ClN6O2S2. The van der Waals surface area contributed by atoms with Gasteiger partial charge in [0.25, 0.3) is 0 Å². The molecule has 0 spiro atoms. The highest BCUT2D eigenvalue weighted by Crippen LogP contribution is 2.35. The number of halogens is 1. The Balaban J connectivity index is 1.20. The zero-order valence-electron chi connectivity index (χ0n) is 19.4. The Labute approximate surface area is 212 Å². The lowest BCUT2D eigenvalue weighted by molar-refractivity contribution is -0.113. The van der Waals surface area contributed by atoms with E-state index in [1.165, 1.54) is 55.2 Å². The molecule has 1 amide bonds. The number of aromatic nitrogens is 5. The first-order valence-electron chi connectivity index (χ1n) is 11.5. The Bertz CT molecular complexity index is 1110. The van der Waals surface area contributed by atoms with Crippen LogP contribution in [0.25, 0.3) is 0 Å². The molecule has 182 valence electrons. The molecule has 0 aliphatic heterocycles. The number of hydrogen-bond donors (Lipinski definition) is 1. The molecule has 2 heterocycles. The number of aryl methyl sites for hydroxylation is 2. The molecule has 2 aromatic heterocycles. The summed E-state index contributed by atoms with van der Waals surface area (Å²) in [6.45, 7) is 2.55. The largest absolute Gasteiger partial charge is 0.493 e. The van der Waals surface area contributed by atoms with Gasteiger partial charge in [-0.3, -0.25) is 10.1 Å². The SMILES string of the molecule is Cc1cc(Cl)ccc1OCCCc1nnc(SCC(=O)Nc2nnc(C3CCCCC3)s2)n1C. The van der Waals surface area contributed by atoms with Crippen LogP contribution in [0.2, 0.25) is 5.02 Å². The predicted octanol–water partition coefficient (Wildman–Crippen LogP) is 5.42. The number of nitrogens with one attached hydrogen (secondary N) is 1. The lowest BCUT2D eigenvalue weighted by Crippen LogP contribution is -2.14. The molecule has 1 aliphatic carbocycles. The van der Waals surface area contributed by atoms with Gasteiger partial charge in [0.05, 0.1) is 12.4 Å². The van der Waals surface area contributed by atoms with Gasteiger partial charge in [-0.25, -0.2) is 0 Å². The highest BCUT2D eigenvalue weighted by Gasteiger charge is 2.20. The number of ether oxygens (including phenoxy) is 1. The normalized spacial score (nSPS) is 14.3. The van der Waals surface area contributed by atoms with Crippen LogP contribution in [0.3, 0.4) is 0 Å². The summed E-state index contributed by atoms with van der Waals surface area (Å²) in [5.41, 5.74) is 1.02. The van der Waals surface area contributed by atoms with Crippen molar-refractivity contribution in [1.29, 1.82) is 0 Å². The maximum absolute atomic E-state index is 12.4. The summed E-state index contributed by atoms with van der Waals surface area (Å²) >= 11 is 8.84. The van der Waals surface area contributed by atoms with Crippen molar-refractivity contribution in [3.8, 4) is 5.75 Å². The Morgan fingerprint density at radius 1 is 1.24 bits per heavy atom. The van der Waals surface area contributed by atoms with Crippen LogP contribution < -0.4 is 10.1 Å². The van der Waals surface area contributed by atoms with Crippen LogP contribution >= 0.6 is 34.7 Å². The number of benzene rings is 1. The van der Waals surface area contributed by atoms with E-state index < -0.39 is 0 Å². The van der Waals surface area contributed by atoms with Crippen molar-refractivity contribution in [2.75, 3.05) is 17.7 Å². The lowest BCUT2D eigenvalue weighted by atomic mass is 9.90. The third-order valence-electron chi connectivity index (χ3n) is 5.84. The molecule has 0 atom stereocenters. The van der Waals surface area contributed by atoms with Gasteiger partial charge in [0, 0.05) is 24.4 Å². The van der Waals surface area contributed by atoms with Gasteiger partial charge in [0.1, 0.15) is 16.6 Å². The average molecular weight is 521 g/mol. The van der Waals surface area contributed by atoms with Crippen molar-refractivity contribution in [3.05, 3.63) is 39.6 Å². The van der Waals surface area contributed by atoms with Crippen LogP contribution in [-0.2, 0) is 18.3 Å². The van der Waals surface area contributed by atoms with E-state index in [9.17, 15) is 4.79 Å². The number of carbonyl (C=O) groups is 1. The molecule has 0 bridgehead atoms. The number of nitrogens with zero attached hydrogens (tertiary/aromatic N) is 5. The van der Waals surface area contributed by atoms with Gasteiger partial charge in [-0.05, 0) is 49.9 Å². The standard InChI is InChI=1S/C23H29ClN6O2S2/c1-15-13-17(24)10-11-18(15)32-12-6-9-19-26-29-23(30(19)2)33-14-20(31)25-22-28-27-21(34-22)16-7-4-3-5-8-16/h10-11,13,16H,3-9,12,14H2,1-2H3,(H,25,28,31). The summed E-state index contributed by atoms with van der Waals surface area (Å²) in [6, 6.07) is 5.60. The molecule has 1 fully saturated rings. The van der Waals surface area contributed by atoms with Crippen LogP contribution in [-0.4, -0.2) is 43.2 Å². The summed E-state index contributed by atoms with van der Waals surface area (Å²) < 4.78 is 7.78. The number of hydrogen-bond acceptors (Lipinski definition) is 8. The lowest BCUT2D eigenvalue weighted by Gasteiger charge is -2.18. The third kappa shape index (κ3) is 6.70. The van der Waals surface area contributed by atoms with Crippen molar-refractivity contribution in [1.82, 2.24) is 25.0 Å². The quantitative estimate of drug-likeness (QED) is 0.282. The number of thioether (sulfide) groups is 1. The smallest absolute Gasteiger partial charge is 0.236 e. The molecule has 11 heteroatoms. The number of amides is 1.